The number of aliphatic imine (C=N–C) groups is 2. The number of rotatable bonds is 14. The zero-order valence-electron chi connectivity index (χ0n) is 34.4. The Kier molecular flexibility index (Phi) is 10.8. The third-order valence-corrected chi connectivity index (χ3v) is 14.7. The summed E-state index contributed by atoms with van der Waals surface area (Å²) < 4.78 is 0. The van der Waals surface area contributed by atoms with Crippen LogP contribution in [-0.2, 0) is 25.8 Å². The number of hydrogen-bond acceptors (Lipinski definition) is 9. The molecule has 0 amide bonds. The second kappa shape index (κ2) is 16.2. The number of fused-ring (bicyclic) bond motifs is 2. The third-order valence-electron chi connectivity index (χ3n) is 14.7. The van der Waals surface area contributed by atoms with E-state index in [1.807, 2.05) is 18.4 Å². The molecule has 5 aliphatic rings. The molecule has 2 saturated carbocycles. The van der Waals surface area contributed by atoms with Crippen LogP contribution in [0.1, 0.15) is 85.3 Å². The first kappa shape index (κ1) is 40.0. The molecule has 0 aromatic heterocycles. The highest BCUT2D eigenvalue weighted by Gasteiger charge is 2.67. The molecule has 2 fully saturated rings. The van der Waals surface area contributed by atoms with E-state index < -0.39 is 6.10 Å². The van der Waals surface area contributed by atoms with E-state index in [1.165, 1.54) is 42.2 Å². The molecule has 0 radical (unpaired) electrons. The molecule has 60 heavy (non-hydrogen) atoms. The van der Waals surface area contributed by atoms with Gasteiger partial charge >= 0.3 is 0 Å². The molecule has 7 unspecified atom stereocenters. The van der Waals surface area contributed by atoms with Gasteiger partial charge in [0.1, 0.15) is 12.4 Å². The Morgan fingerprint density at radius 3 is 2.40 bits per heavy atom. The van der Waals surface area contributed by atoms with Gasteiger partial charge in [-0.2, -0.15) is 0 Å². The molecule has 1 aliphatic heterocycles. The van der Waals surface area contributed by atoms with E-state index in [9.17, 15) is 30.6 Å². The van der Waals surface area contributed by atoms with Gasteiger partial charge in [0.25, 0.3) is 0 Å². The lowest BCUT2D eigenvalue weighted by atomic mass is 9.42. The fourth-order valence-corrected chi connectivity index (χ4v) is 12.1. The molecular formula is C51H57N3O6. The first-order chi connectivity index (χ1) is 29.1. The Morgan fingerprint density at radius 2 is 1.62 bits per heavy atom. The van der Waals surface area contributed by atoms with E-state index in [0.29, 0.717) is 65.9 Å². The zero-order chi connectivity index (χ0) is 41.6. The molecule has 1 heterocycles. The molecule has 4 aromatic carbocycles. The normalized spacial score (nSPS) is 27.6. The Balaban J connectivity index is 0.997. The van der Waals surface area contributed by atoms with Crippen LogP contribution in [0.4, 0.5) is 0 Å². The second-order valence-electron chi connectivity index (χ2n) is 18.0. The van der Waals surface area contributed by atoms with Crippen LogP contribution in [0.25, 0.3) is 22.9 Å². The number of aromatic hydroxyl groups is 5. The van der Waals surface area contributed by atoms with E-state index in [0.717, 1.165) is 56.3 Å². The number of phenolic OH excluding ortho intramolecular Hbond substituents is 5. The van der Waals surface area contributed by atoms with Crippen LogP contribution in [0, 0.1) is 34.5 Å². The van der Waals surface area contributed by atoms with Crippen molar-refractivity contribution < 1.29 is 30.6 Å². The smallest absolute Gasteiger partial charge is 0.169 e. The first-order valence-electron chi connectivity index (χ1n) is 21.9. The van der Waals surface area contributed by atoms with Crippen LogP contribution in [-0.4, -0.2) is 61.9 Å². The van der Waals surface area contributed by atoms with E-state index >= 15 is 0 Å². The quantitative estimate of drug-likeness (QED) is 0.0290. The highest BCUT2D eigenvalue weighted by Crippen LogP contribution is 2.70. The number of aliphatic hydroxyl groups excluding tert-OH is 1. The van der Waals surface area contributed by atoms with Gasteiger partial charge in [0, 0.05) is 36.2 Å². The van der Waals surface area contributed by atoms with Crippen LogP contribution < -0.4 is 5.32 Å². The minimum Gasteiger partial charge on any atom is -0.507 e. The van der Waals surface area contributed by atoms with E-state index in [1.54, 1.807) is 18.2 Å². The summed E-state index contributed by atoms with van der Waals surface area (Å²) in [5.41, 5.74) is 6.25. The predicted octanol–water partition coefficient (Wildman–Crippen LogP) is 9.15. The Morgan fingerprint density at radius 1 is 0.783 bits per heavy atom. The Labute approximate surface area is 352 Å². The molecule has 9 nitrogen and oxygen atoms in total. The maximum Gasteiger partial charge on any atom is 0.169 e. The van der Waals surface area contributed by atoms with Gasteiger partial charge in [0.2, 0.25) is 0 Å². The van der Waals surface area contributed by atoms with Crippen molar-refractivity contribution in [2.45, 2.75) is 83.8 Å². The summed E-state index contributed by atoms with van der Waals surface area (Å²) in [6, 6.07) is 16.2. The number of nitrogens with one attached hydrogen (secondary N) is 1. The van der Waals surface area contributed by atoms with Crippen LogP contribution >= 0.6 is 0 Å². The summed E-state index contributed by atoms with van der Waals surface area (Å²) in [5.74, 6) is 0.244. The topological polar surface area (TPSA) is 158 Å². The average Bonchev–Trinajstić information content (AvgIpc) is 3.92. The van der Waals surface area contributed by atoms with Gasteiger partial charge in [-0.15, -0.1) is 0 Å². The van der Waals surface area contributed by atoms with Gasteiger partial charge in [0.15, 0.2) is 23.0 Å². The van der Waals surface area contributed by atoms with Crippen molar-refractivity contribution in [2.75, 3.05) is 13.2 Å². The number of benzene rings is 4. The number of aryl methyl sites for hydroxylation is 2. The highest BCUT2D eigenvalue weighted by molar-refractivity contribution is 6.34. The van der Waals surface area contributed by atoms with Crippen LogP contribution in [0.5, 0.6) is 28.7 Å². The minimum atomic E-state index is -0.524. The molecule has 1 spiro atoms. The lowest BCUT2D eigenvalue weighted by molar-refractivity contribution is -0.108. The molecule has 0 saturated heterocycles. The summed E-state index contributed by atoms with van der Waals surface area (Å²) in [6.45, 7) is 4.09. The van der Waals surface area contributed by atoms with Crippen LogP contribution in [0.15, 0.2) is 88.9 Å². The largest absolute Gasteiger partial charge is 0.507 e. The maximum atomic E-state index is 11.9. The second-order valence-corrected chi connectivity index (χ2v) is 18.0. The summed E-state index contributed by atoms with van der Waals surface area (Å²) in [6.07, 6.45) is 24.1. The van der Waals surface area contributed by atoms with Gasteiger partial charge in [-0.25, -0.2) is 0 Å². The van der Waals surface area contributed by atoms with Crippen molar-refractivity contribution in [1.82, 2.24) is 5.32 Å². The van der Waals surface area contributed by atoms with E-state index in [-0.39, 0.29) is 50.9 Å². The Hall–Kier alpha value is -5.38. The van der Waals surface area contributed by atoms with Gasteiger partial charge in [-0.1, -0.05) is 92.6 Å². The van der Waals surface area contributed by atoms with Crippen molar-refractivity contribution in [3.63, 3.8) is 0 Å². The molecule has 7 N–H and O–H groups in total. The monoisotopic (exact) mass is 807 g/mol. The third kappa shape index (κ3) is 6.89. The minimum absolute atomic E-state index is 0.0419. The zero-order valence-corrected chi connectivity index (χ0v) is 34.4. The van der Waals surface area contributed by atoms with Crippen molar-refractivity contribution in [3.05, 3.63) is 112 Å². The lowest BCUT2D eigenvalue weighted by Gasteiger charge is -2.63. The highest BCUT2D eigenvalue weighted by atomic mass is 16.3. The van der Waals surface area contributed by atoms with E-state index in [2.05, 4.69) is 59.7 Å². The van der Waals surface area contributed by atoms with Crippen LogP contribution in [0.3, 0.4) is 0 Å². The molecule has 2 bridgehead atoms. The van der Waals surface area contributed by atoms with Crippen molar-refractivity contribution >= 4 is 34.9 Å². The van der Waals surface area contributed by atoms with Gasteiger partial charge in [0.05, 0.1) is 17.2 Å². The molecule has 9 rings (SSSR count). The number of allylic oxidation sites excluding steroid dienone is 3. The van der Waals surface area contributed by atoms with Gasteiger partial charge in [-0.3, -0.25) is 9.98 Å². The molecule has 7 atom stereocenters. The number of phenols is 5. The molecule has 4 aliphatic carbocycles. The average molecular weight is 808 g/mol. The lowest BCUT2D eigenvalue weighted by Crippen LogP contribution is -2.64. The van der Waals surface area contributed by atoms with Crippen molar-refractivity contribution in [2.24, 2.45) is 44.5 Å². The van der Waals surface area contributed by atoms with Gasteiger partial charge in [-0.05, 0) is 126 Å². The fraction of sp³-hybridized carbons (Fsp3) is 0.412. The number of hydrogen-bond donors (Lipinski definition) is 7. The maximum absolute atomic E-state index is 11.9. The molecular weight excluding hydrogens is 751 g/mol. The SMILES string of the molecule is CCCCCc1cc(CCc2c(O)c(O)c3c(O)cccc3c2C=Cc2ccc(O)c(O)c2)ccc1CNCC1(C2=NCN=C2)CC2C=CC3CCC4C=CC(O)C1C34C2. The van der Waals surface area contributed by atoms with E-state index in [4.69, 9.17) is 4.99 Å². The summed E-state index contributed by atoms with van der Waals surface area (Å²) >= 11 is 0. The van der Waals surface area contributed by atoms with Gasteiger partial charge < -0.3 is 36.0 Å². The molecule has 9 heteroatoms. The fourth-order valence-electron chi connectivity index (χ4n) is 12.1. The first-order valence-corrected chi connectivity index (χ1v) is 21.9. The number of nitrogens with zero attached hydrogens (tertiary/aromatic N) is 2. The number of unbranched alkanes of at least 4 members (excludes halogenated alkanes) is 2. The van der Waals surface area contributed by atoms with Crippen molar-refractivity contribution in [3.8, 4) is 28.7 Å². The standard InChI is InChI=1S/C51H57N3O6/c1-2-3-4-6-34-23-31(12-20-40-38(19-11-32-13-21-41(55)44(58)24-32)39-7-5-8-42(56)46(39)48(60)47(40)59)9-14-35(34)27-52-29-50(45-28-53-30-54-45)25-33-10-15-36-16-17-37-18-22-43(57)49(50)51(36,37)26-33/h5,7-11,13-15,18-19,21-24,28,33,36-37,43,49,52,55-60H,2-4,6,12,16-17,20,25-27,29-30H2,1H3. The summed E-state index contributed by atoms with van der Waals surface area (Å²) in [7, 11) is 0. The predicted molar refractivity (Wildman–Crippen MR) is 239 cm³/mol. The summed E-state index contributed by atoms with van der Waals surface area (Å²) in [4.78, 5) is 9.59. The van der Waals surface area contributed by atoms with Crippen molar-refractivity contribution in [1.29, 1.82) is 0 Å². The summed E-state index contributed by atoms with van der Waals surface area (Å²) in [5, 5.41) is 69.9. The molecule has 312 valence electrons. The molecule has 4 aromatic rings. The Bertz CT molecular complexity index is 2440. The number of aliphatic hydroxyl groups is 1. The van der Waals surface area contributed by atoms with Crippen LogP contribution in [0.2, 0.25) is 0 Å².